The van der Waals surface area contributed by atoms with E-state index in [0.29, 0.717) is 6.04 Å². The first-order valence-corrected chi connectivity index (χ1v) is 7.43. The molecule has 0 N–H and O–H groups in total. The number of fused-ring (bicyclic) bond motifs is 1. The molecule has 106 valence electrons. The van der Waals surface area contributed by atoms with Gasteiger partial charge in [-0.15, -0.1) is 0 Å². The minimum Gasteiger partial charge on any atom is -0.322 e. The van der Waals surface area contributed by atoms with Crippen LogP contribution in [0.3, 0.4) is 0 Å². The van der Waals surface area contributed by atoms with E-state index in [1.165, 1.54) is 5.52 Å². The van der Waals surface area contributed by atoms with Crippen molar-refractivity contribution in [2.24, 2.45) is 0 Å². The Hall–Kier alpha value is -2.06. The molecule has 0 aliphatic heterocycles. The summed E-state index contributed by atoms with van der Waals surface area (Å²) in [6.45, 7) is 4.35. The normalized spacial score (nSPS) is 11.8. The Bertz CT molecular complexity index is 783. The maximum Gasteiger partial charge on any atom is 0.134 e. The number of benzene rings is 2. The van der Waals surface area contributed by atoms with Crippen molar-refractivity contribution in [1.29, 1.82) is 0 Å². The first kappa shape index (κ1) is 13.9. The van der Waals surface area contributed by atoms with E-state index in [-0.39, 0.29) is 0 Å². The van der Waals surface area contributed by atoms with Crippen LogP contribution in [0, 0.1) is 0 Å². The fourth-order valence-corrected chi connectivity index (χ4v) is 2.59. The lowest BCUT2D eigenvalue weighted by molar-refractivity contribution is 0.612. The fraction of sp³-hybridized carbons (Fsp3) is 0.167. The van der Waals surface area contributed by atoms with Crippen LogP contribution in [0.5, 0.6) is 0 Å². The largest absolute Gasteiger partial charge is 0.322 e. The van der Waals surface area contributed by atoms with Gasteiger partial charge in [0, 0.05) is 11.1 Å². The van der Waals surface area contributed by atoms with E-state index in [9.17, 15) is 0 Å². The van der Waals surface area contributed by atoms with Crippen molar-refractivity contribution in [3.8, 4) is 0 Å². The molecule has 0 saturated carbocycles. The molecule has 0 spiro atoms. The lowest BCUT2D eigenvalue weighted by Crippen LogP contribution is -2.02. The number of nitrogens with zero attached hydrogens (tertiary/aromatic N) is 2. The molecule has 21 heavy (non-hydrogen) atoms. The Labute approximate surface area is 129 Å². The van der Waals surface area contributed by atoms with Crippen molar-refractivity contribution >= 4 is 34.8 Å². The maximum atomic E-state index is 5.91. The molecule has 3 rings (SSSR count). The second-order valence-corrected chi connectivity index (χ2v) is 5.74. The molecule has 0 saturated heterocycles. The number of hydrogen-bond acceptors (Lipinski definition) is 1. The highest BCUT2D eigenvalue weighted by Crippen LogP contribution is 2.22. The molecule has 0 radical (unpaired) electrons. The van der Waals surface area contributed by atoms with E-state index in [1.807, 2.05) is 36.4 Å². The third kappa shape index (κ3) is 2.86. The maximum absolute atomic E-state index is 5.91. The molecule has 0 amide bonds. The van der Waals surface area contributed by atoms with Crippen molar-refractivity contribution in [1.82, 2.24) is 9.55 Å². The zero-order valence-electron chi connectivity index (χ0n) is 12.1. The number of hydrogen-bond donors (Lipinski definition) is 0. The van der Waals surface area contributed by atoms with Crippen molar-refractivity contribution in [3.05, 3.63) is 64.9 Å². The van der Waals surface area contributed by atoms with E-state index in [0.717, 1.165) is 21.9 Å². The molecule has 0 aliphatic carbocycles. The van der Waals surface area contributed by atoms with Gasteiger partial charge < -0.3 is 4.57 Å². The summed E-state index contributed by atoms with van der Waals surface area (Å²) in [7, 11) is 0. The van der Waals surface area contributed by atoms with Crippen LogP contribution in [0.25, 0.3) is 23.2 Å². The highest BCUT2D eigenvalue weighted by molar-refractivity contribution is 6.30. The Morgan fingerprint density at radius 3 is 2.43 bits per heavy atom. The van der Waals surface area contributed by atoms with Gasteiger partial charge in [0.05, 0.1) is 11.0 Å². The molecule has 3 aromatic rings. The molecule has 2 nitrogen and oxygen atoms in total. The van der Waals surface area contributed by atoms with Gasteiger partial charge in [-0.05, 0) is 49.8 Å². The minimum absolute atomic E-state index is 0.363. The van der Waals surface area contributed by atoms with Crippen LogP contribution in [0.2, 0.25) is 5.02 Å². The number of para-hydroxylation sites is 2. The van der Waals surface area contributed by atoms with Crippen LogP contribution in [0.15, 0.2) is 48.5 Å². The van der Waals surface area contributed by atoms with Gasteiger partial charge in [0.15, 0.2) is 0 Å². The van der Waals surface area contributed by atoms with Gasteiger partial charge in [0.1, 0.15) is 5.82 Å². The van der Waals surface area contributed by atoms with Crippen molar-refractivity contribution in [2.75, 3.05) is 0 Å². The molecular weight excluding hydrogens is 280 g/mol. The van der Waals surface area contributed by atoms with Crippen LogP contribution in [-0.4, -0.2) is 9.55 Å². The van der Waals surface area contributed by atoms with E-state index >= 15 is 0 Å². The van der Waals surface area contributed by atoms with E-state index in [4.69, 9.17) is 16.6 Å². The van der Waals surface area contributed by atoms with E-state index in [2.05, 4.69) is 42.7 Å². The van der Waals surface area contributed by atoms with Crippen molar-refractivity contribution in [3.63, 3.8) is 0 Å². The van der Waals surface area contributed by atoms with Crippen LogP contribution >= 0.6 is 11.6 Å². The topological polar surface area (TPSA) is 17.8 Å². The molecule has 0 unspecified atom stereocenters. The summed E-state index contributed by atoms with van der Waals surface area (Å²) in [6, 6.07) is 16.4. The SMILES string of the molecule is CC(C)n1c(C=Cc2ccc(Cl)cc2)nc2ccccc21. The number of aromatic nitrogens is 2. The molecule has 2 aromatic carbocycles. The minimum atomic E-state index is 0.363. The van der Waals surface area contributed by atoms with E-state index < -0.39 is 0 Å². The standard InChI is InChI=1S/C18H17ClN2/c1-13(2)21-17-6-4-3-5-16(17)20-18(21)12-9-14-7-10-15(19)11-8-14/h3-13H,1-2H3. The second kappa shape index (κ2) is 5.74. The predicted molar refractivity (Wildman–Crippen MR) is 90.5 cm³/mol. The highest BCUT2D eigenvalue weighted by Gasteiger charge is 2.10. The second-order valence-electron chi connectivity index (χ2n) is 5.31. The first-order valence-electron chi connectivity index (χ1n) is 7.06. The summed E-state index contributed by atoms with van der Waals surface area (Å²) in [5.41, 5.74) is 3.31. The highest BCUT2D eigenvalue weighted by atomic mass is 35.5. The predicted octanol–water partition coefficient (Wildman–Crippen LogP) is 5.44. The fourth-order valence-electron chi connectivity index (χ4n) is 2.47. The van der Waals surface area contributed by atoms with Crippen LogP contribution in [0.4, 0.5) is 0 Å². The monoisotopic (exact) mass is 296 g/mol. The Morgan fingerprint density at radius 1 is 1.00 bits per heavy atom. The first-order chi connectivity index (χ1) is 10.1. The third-order valence-corrected chi connectivity index (χ3v) is 3.69. The van der Waals surface area contributed by atoms with E-state index in [1.54, 1.807) is 0 Å². The molecule has 1 aromatic heterocycles. The van der Waals surface area contributed by atoms with Gasteiger partial charge in [0.2, 0.25) is 0 Å². The molecule has 0 bridgehead atoms. The summed E-state index contributed by atoms with van der Waals surface area (Å²) in [5.74, 6) is 0.973. The molecule has 0 aliphatic rings. The van der Waals surface area contributed by atoms with Gasteiger partial charge in [-0.25, -0.2) is 4.98 Å². The van der Waals surface area contributed by atoms with Crippen molar-refractivity contribution in [2.45, 2.75) is 19.9 Å². The van der Waals surface area contributed by atoms with Crippen LogP contribution in [-0.2, 0) is 0 Å². The third-order valence-electron chi connectivity index (χ3n) is 3.43. The lowest BCUT2D eigenvalue weighted by Gasteiger charge is -2.10. The lowest BCUT2D eigenvalue weighted by atomic mass is 10.2. The Kier molecular flexibility index (Phi) is 3.80. The van der Waals surface area contributed by atoms with Gasteiger partial charge in [0.25, 0.3) is 0 Å². The summed E-state index contributed by atoms with van der Waals surface area (Å²) in [4.78, 5) is 4.72. The smallest absolute Gasteiger partial charge is 0.134 e. The molecular formula is C18H17ClN2. The van der Waals surface area contributed by atoms with Gasteiger partial charge in [-0.3, -0.25) is 0 Å². The molecule has 0 atom stereocenters. The average Bonchev–Trinajstić information content (AvgIpc) is 2.85. The zero-order valence-corrected chi connectivity index (χ0v) is 12.9. The quantitative estimate of drug-likeness (QED) is 0.629. The Morgan fingerprint density at radius 2 is 1.71 bits per heavy atom. The molecule has 3 heteroatoms. The van der Waals surface area contributed by atoms with Crippen LogP contribution < -0.4 is 0 Å². The molecule has 1 heterocycles. The summed E-state index contributed by atoms with van der Waals surface area (Å²) in [5, 5.41) is 0.751. The summed E-state index contributed by atoms with van der Waals surface area (Å²) >= 11 is 5.91. The number of halogens is 1. The number of imidazole rings is 1. The average molecular weight is 297 g/mol. The van der Waals surface area contributed by atoms with Gasteiger partial charge in [-0.1, -0.05) is 41.9 Å². The number of rotatable bonds is 3. The summed E-state index contributed by atoms with van der Waals surface area (Å²) < 4.78 is 2.25. The van der Waals surface area contributed by atoms with Gasteiger partial charge >= 0.3 is 0 Å². The van der Waals surface area contributed by atoms with Gasteiger partial charge in [-0.2, -0.15) is 0 Å². The Balaban J connectivity index is 2.03. The summed E-state index contributed by atoms with van der Waals surface area (Å²) in [6.07, 6.45) is 4.12. The van der Waals surface area contributed by atoms with Crippen LogP contribution in [0.1, 0.15) is 31.3 Å². The zero-order chi connectivity index (χ0) is 14.8. The van der Waals surface area contributed by atoms with Crippen molar-refractivity contribution < 1.29 is 0 Å². The molecule has 0 fully saturated rings.